The molecule has 0 aliphatic heterocycles. The Kier molecular flexibility index (Phi) is 6.43. The van der Waals surface area contributed by atoms with E-state index in [2.05, 4.69) is 39.5 Å². The molecule has 0 radical (unpaired) electrons. The van der Waals surface area contributed by atoms with E-state index in [1.807, 2.05) is 30.7 Å². The number of para-hydroxylation sites is 2. The highest BCUT2D eigenvalue weighted by atomic mass is 32.1. The zero-order valence-electron chi connectivity index (χ0n) is 16.4. The second kappa shape index (κ2) is 9.00. The molecule has 5 nitrogen and oxygen atoms in total. The number of aryl methyl sites for hydroxylation is 2. The average molecular weight is 416 g/mol. The second-order valence-corrected chi connectivity index (χ2v) is 6.99. The summed E-state index contributed by atoms with van der Waals surface area (Å²) in [5.41, 5.74) is 5.23. The Morgan fingerprint density at radius 2 is 1.76 bits per heavy atom. The molecular formula is C21H22F2N4OS. The monoisotopic (exact) mass is 416 g/mol. The molecular weight excluding hydrogens is 394 g/mol. The van der Waals surface area contributed by atoms with E-state index < -0.39 is 6.61 Å². The Balaban J connectivity index is 1.75. The van der Waals surface area contributed by atoms with Crippen LogP contribution in [0.5, 0.6) is 5.75 Å². The molecule has 0 unspecified atom stereocenters. The van der Waals surface area contributed by atoms with E-state index >= 15 is 0 Å². The Morgan fingerprint density at radius 1 is 1.07 bits per heavy atom. The minimum atomic E-state index is -2.91. The van der Waals surface area contributed by atoms with Crippen molar-refractivity contribution in [2.75, 3.05) is 10.6 Å². The number of hydrogen-bond acceptors (Lipinski definition) is 3. The van der Waals surface area contributed by atoms with Crippen LogP contribution < -0.4 is 15.4 Å². The molecule has 1 aromatic heterocycles. The van der Waals surface area contributed by atoms with Gasteiger partial charge in [-0.1, -0.05) is 36.4 Å². The number of rotatable bonds is 6. The van der Waals surface area contributed by atoms with Crippen molar-refractivity contribution in [3.63, 3.8) is 0 Å². The lowest BCUT2D eigenvalue weighted by Gasteiger charge is -2.14. The maximum absolute atomic E-state index is 12.6. The summed E-state index contributed by atoms with van der Waals surface area (Å²) < 4.78 is 31.6. The van der Waals surface area contributed by atoms with Crippen LogP contribution in [-0.4, -0.2) is 21.5 Å². The minimum Gasteiger partial charge on any atom is -0.433 e. The summed E-state index contributed by atoms with van der Waals surface area (Å²) in [4.78, 5) is 0. The summed E-state index contributed by atoms with van der Waals surface area (Å²) in [7, 11) is 0. The normalized spacial score (nSPS) is 10.8. The van der Waals surface area contributed by atoms with Crippen molar-refractivity contribution < 1.29 is 13.5 Å². The molecule has 0 saturated carbocycles. The lowest BCUT2D eigenvalue weighted by molar-refractivity contribution is -0.0493. The SMILES string of the molecule is Cc1ccccc1Cn1nc(C)c(NC(=S)Nc2ccccc2OC(F)F)c1C. The first-order valence-electron chi connectivity index (χ1n) is 9.05. The highest BCUT2D eigenvalue weighted by molar-refractivity contribution is 7.80. The molecule has 2 N–H and O–H groups in total. The highest BCUT2D eigenvalue weighted by Gasteiger charge is 2.15. The number of halogens is 2. The zero-order chi connectivity index (χ0) is 21.0. The summed E-state index contributed by atoms with van der Waals surface area (Å²) >= 11 is 5.37. The van der Waals surface area contributed by atoms with Gasteiger partial charge < -0.3 is 15.4 Å². The molecule has 0 aliphatic rings. The fourth-order valence-electron chi connectivity index (χ4n) is 3.02. The molecule has 0 fully saturated rings. The van der Waals surface area contributed by atoms with Crippen LogP contribution in [0.2, 0.25) is 0 Å². The number of thiocarbonyl (C=S) groups is 1. The molecule has 3 aromatic rings. The van der Waals surface area contributed by atoms with E-state index in [-0.39, 0.29) is 10.9 Å². The van der Waals surface area contributed by atoms with Gasteiger partial charge in [-0.3, -0.25) is 4.68 Å². The van der Waals surface area contributed by atoms with Crippen molar-refractivity contribution in [3.8, 4) is 5.75 Å². The van der Waals surface area contributed by atoms with Gasteiger partial charge in [0.25, 0.3) is 0 Å². The molecule has 0 atom stereocenters. The minimum absolute atomic E-state index is 0.0235. The van der Waals surface area contributed by atoms with Crippen molar-refractivity contribution in [3.05, 3.63) is 71.0 Å². The van der Waals surface area contributed by atoms with Gasteiger partial charge in [-0.2, -0.15) is 13.9 Å². The van der Waals surface area contributed by atoms with Gasteiger partial charge in [0.2, 0.25) is 0 Å². The van der Waals surface area contributed by atoms with E-state index in [4.69, 9.17) is 12.2 Å². The average Bonchev–Trinajstić information content (AvgIpc) is 2.92. The van der Waals surface area contributed by atoms with Gasteiger partial charge in [0, 0.05) is 0 Å². The molecule has 0 bridgehead atoms. The molecule has 0 amide bonds. The Hall–Kier alpha value is -3.00. The van der Waals surface area contributed by atoms with Gasteiger partial charge in [-0.25, -0.2) is 0 Å². The van der Waals surface area contributed by atoms with Crippen LogP contribution in [0.15, 0.2) is 48.5 Å². The van der Waals surface area contributed by atoms with Gasteiger partial charge in [-0.15, -0.1) is 0 Å². The van der Waals surface area contributed by atoms with Crippen LogP contribution in [0.1, 0.15) is 22.5 Å². The second-order valence-electron chi connectivity index (χ2n) is 6.58. The smallest absolute Gasteiger partial charge is 0.387 e. The van der Waals surface area contributed by atoms with Gasteiger partial charge in [-0.05, 0) is 56.2 Å². The van der Waals surface area contributed by atoms with Gasteiger partial charge in [0.05, 0.1) is 29.3 Å². The number of nitrogens with one attached hydrogen (secondary N) is 2. The van der Waals surface area contributed by atoms with Crippen LogP contribution in [-0.2, 0) is 6.54 Å². The number of anilines is 2. The molecule has 0 spiro atoms. The van der Waals surface area contributed by atoms with E-state index in [1.165, 1.54) is 17.2 Å². The van der Waals surface area contributed by atoms with Crippen molar-refractivity contribution in [2.24, 2.45) is 0 Å². The number of benzene rings is 2. The van der Waals surface area contributed by atoms with E-state index in [0.717, 1.165) is 17.1 Å². The van der Waals surface area contributed by atoms with Gasteiger partial charge in [0.1, 0.15) is 5.75 Å². The summed E-state index contributed by atoms with van der Waals surface area (Å²) in [6.07, 6.45) is 0. The fourth-order valence-corrected chi connectivity index (χ4v) is 3.23. The van der Waals surface area contributed by atoms with Gasteiger partial charge >= 0.3 is 6.61 Å². The third-order valence-electron chi connectivity index (χ3n) is 4.55. The number of nitrogens with zero attached hydrogens (tertiary/aromatic N) is 2. The summed E-state index contributed by atoms with van der Waals surface area (Å²) in [6, 6.07) is 14.5. The molecule has 1 heterocycles. The number of ether oxygens (including phenoxy) is 1. The maximum Gasteiger partial charge on any atom is 0.387 e. The van der Waals surface area contributed by atoms with Crippen molar-refractivity contribution in [2.45, 2.75) is 33.9 Å². The Bertz CT molecular complexity index is 1020. The third-order valence-corrected chi connectivity index (χ3v) is 4.76. The van der Waals surface area contributed by atoms with Crippen molar-refractivity contribution in [1.29, 1.82) is 0 Å². The summed E-state index contributed by atoms with van der Waals surface area (Å²) in [6.45, 7) is 3.64. The van der Waals surface area contributed by atoms with Crippen LogP contribution in [0, 0.1) is 20.8 Å². The molecule has 0 aliphatic carbocycles. The number of hydrogen-bond donors (Lipinski definition) is 2. The predicted molar refractivity (Wildman–Crippen MR) is 115 cm³/mol. The maximum atomic E-state index is 12.6. The molecule has 0 saturated heterocycles. The Morgan fingerprint density at radius 3 is 2.48 bits per heavy atom. The standard InChI is InChI=1S/C21H22F2N4OS/c1-13-8-4-5-9-16(13)12-27-15(3)19(14(2)26-27)25-21(29)24-17-10-6-7-11-18(17)28-20(22)23/h4-11,20H,12H2,1-3H3,(H2,24,25,29). The first-order chi connectivity index (χ1) is 13.8. The summed E-state index contributed by atoms with van der Waals surface area (Å²) in [5, 5.41) is 10.9. The van der Waals surface area contributed by atoms with E-state index in [0.29, 0.717) is 12.2 Å². The molecule has 29 heavy (non-hydrogen) atoms. The number of alkyl halides is 2. The molecule has 2 aromatic carbocycles. The lowest BCUT2D eigenvalue weighted by Crippen LogP contribution is -2.20. The molecule has 8 heteroatoms. The van der Waals surface area contributed by atoms with Crippen LogP contribution >= 0.6 is 12.2 Å². The zero-order valence-corrected chi connectivity index (χ0v) is 17.2. The highest BCUT2D eigenvalue weighted by Crippen LogP contribution is 2.26. The van der Waals surface area contributed by atoms with E-state index in [1.54, 1.807) is 18.2 Å². The van der Waals surface area contributed by atoms with Crippen LogP contribution in [0.25, 0.3) is 0 Å². The topological polar surface area (TPSA) is 51.1 Å². The predicted octanol–water partition coefficient (Wildman–Crippen LogP) is 5.27. The van der Waals surface area contributed by atoms with E-state index in [9.17, 15) is 8.78 Å². The van der Waals surface area contributed by atoms with Crippen LogP contribution in [0.3, 0.4) is 0 Å². The van der Waals surface area contributed by atoms with Crippen LogP contribution in [0.4, 0.5) is 20.2 Å². The first-order valence-corrected chi connectivity index (χ1v) is 9.46. The largest absolute Gasteiger partial charge is 0.433 e. The first kappa shape index (κ1) is 20.7. The molecule has 3 rings (SSSR count). The number of aromatic nitrogens is 2. The van der Waals surface area contributed by atoms with Crippen molar-refractivity contribution in [1.82, 2.24) is 9.78 Å². The fraction of sp³-hybridized carbons (Fsp3) is 0.238. The Labute approximate surface area is 173 Å². The lowest BCUT2D eigenvalue weighted by atomic mass is 10.1. The summed E-state index contributed by atoms with van der Waals surface area (Å²) in [5.74, 6) is 0.0235. The quantitative estimate of drug-likeness (QED) is 0.537. The van der Waals surface area contributed by atoms with Crippen molar-refractivity contribution >= 4 is 28.7 Å². The molecule has 152 valence electrons. The third kappa shape index (κ3) is 5.08. The van der Waals surface area contributed by atoms with Gasteiger partial charge in [0.15, 0.2) is 5.11 Å².